The maximum atomic E-state index is 5.62. The lowest BCUT2D eigenvalue weighted by molar-refractivity contribution is 0.0894. The number of nitrogens with one attached hydrogen (secondary N) is 1. The molecule has 2 heteroatoms. The highest BCUT2D eigenvalue weighted by molar-refractivity contribution is 4.93. The summed E-state index contributed by atoms with van der Waals surface area (Å²) in [4.78, 5) is 0. The Labute approximate surface area is 101 Å². The maximum Gasteiger partial charge on any atom is 0.0488 e. The summed E-state index contributed by atoms with van der Waals surface area (Å²) in [5.74, 6) is 0.615. The fourth-order valence-electron chi connectivity index (χ4n) is 1.32. The lowest BCUT2D eigenvalue weighted by Gasteiger charge is -2.27. The Morgan fingerprint density at radius 1 is 1.31 bits per heavy atom. The first-order valence-electron chi connectivity index (χ1n) is 6.34. The van der Waals surface area contributed by atoms with Gasteiger partial charge in [-0.2, -0.15) is 0 Å². The normalized spacial score (nSPS) is 15.4. The zero-order chi connectivity index (χ0) is 12.6. The van der Waals surface area contributed by atoms with E-state index in [0.717, 1.165) is 26.2 Å². The Hall–Kier alpha value is -0.340. The summed E-state index contributed by atoms with van der Waals surface area (Å²) in [6, 6.07) is 0.524. The third-order valence-electron chi connectivity index (χ3n) is 2.68. The van der Waals surface area contributed by atoms with Gasteiger partial charge in [0.1, 0.15) is 0 Å². The number of rotatable bonds is 9. The molecule has 2 nitrogen and oxygen atoms in total. The van der Waals surface area contributed by atoms with E-state index in [1.165, 1.54) is 0 Å². The highest BCUT2D eigenvalue weighted by atomic mass is 16.5. The first-order valence-corrected chi connectivity index (χ1v) is 6.34. The molecule has 1 N–H and O–H groups in total. The molecule has 0 saturated heterocycles. The van der Waals surface area contributed by atoms with Crippen molar-refractivity contribution in [1.29, 1.82) is 0 Å². The van der Waals surface area contributed by atoms with Crippen LogP contribution < -0.4 is 5.32 Å². The van der Waals surface area contributed by atoms with E-state index >= 15 is 0 Å². The van der Waals surface area contributed by atoms with Crippen molar-refractivity contribution < 1.29 is 4.74 Å². The molecule has 0 aromatic carbocycles. The first-order chi connectivity index (χ1) is 7.39. The predicted octanol–water partition coefficient (Wildman–Crippen LogP) is 3.24. The Kier molecular flexibility index (Phi) is 7.69. The molecule has 0 aliphatic carbocycles. The third kappa shape index (κ3) is 7.89. The monoisotopic (exact) mass is 227 g/mol. The first kappa shape index (κ1) is 15.7. The molecule has 0 aliphatic rings. The van der Waals surface area contributed by atoms with Crippen molar-refractivity contribution in [2.75, 3.05) is 19.8 Å². The Bertz CT molecular complexity index is 189. The Balaban J connectivity index is 3.83. The fourth-order valence-corrected chi connectivity index (χ4v) is 1.32. The van der Waals surface area contributed by atoms with E-state index in [0.29, 0.717) is 12.0 Å². The third-order valence-corrected chi connectivity index (χ3v) is 2.68. The molecule has 0 aliphatic heterocycles. The van der Waals surface area contributed by atoms with Crippen LogP contribution >= 0.6 is 0 Å². The summed E-state index contributed by atoms with van der Waals surface area (Å²) in [6.45, 7) is 17.5. The molecule has 0 bridgehead atoms. The largest absolute Gasteiger partial charge is 0.381 e. The molecule has 1 atom stereocenters. The van der Waals surface area contributed by atoms with Crippen LogP contribution in [-0.4, -0.2) is 25.8 Å². The van der Waals surface area contributed by atoms with E-state index in [1.54, 1.807) is 0 Å². The highest BCUT2D eigenvalue weighted by Gasteiger charge is 2.19. The second kappa shape index (κ2) is 7.86. The number of ether oxygens (including phenoxy) is 1. The van der Waals surface area contributed by atoms with Gasteiger partial charge in [0.15, 0.2) is 0 Å². The van der Waals surface area contributed by atoms with Gasteiger partial charge in [0, 0.05) is 25.8 Å². The predicted molar refractivity (Wildman–Crippen MR) is 71.7 cm³/mol. The molecular formula is C14H29NO. The van der Waals surface area contributed by atoms with Gasteiger partial charge >= 0.3 is 0 Å². The summed E-state index contributed by atoms with van der Waals surface area (Å²) in [6.07, 6.45) is 3.07. The van der Waals surface area contributed by atoms with E-state index in [1.807, 2.05) is 6.08 Å². The van der Waals surface area contributed by atoms with E-state index in [9.17, 15) is 0 Å². The van der Waals surface area contributed by atoms with Crippen LogP contribution in [0.3, 0.4) is 0 Å². The van der Waals surface area contributed by atoms with Gasteiger partial charge in [-0.3, -0.25) is 0 Å². The van der Waals surface area contributed by atoms with Crippen molar-refractivity contribution in [3.05, 3.63) is 12.7 Å². The van der Waals surface area contributed by atoms with Gasteiger partial charge < -0.3 is 10.1 Å². The quantitative estimate of drug-likeness (QED) is 0.482. The maximum absolute atomic E-state index is 5.62. The minimum absolute atomic E-state index is 0.140. The topological polar surface area (TPSA) is 21.3 Å². The van der Waals surface area contributed by atoms with E-state index < -0.39 is 0 Å². The lowest BCUT2D eigenvalue weighted by Crippen LogP contribution is -2.35. The van der Waals surface area contributed by atoms with E-state index in [2.05, 4.69) is 46.5 Å². The molecule has 0 fully saturated rings. The van der Waals surface area contributed by atoms with Gasteiger partial charge in [-0.25, -0.2) is 0 Å². The van der Waals surface area contributed by atoms with Gasteiger partial charge in [0.05, 0.1) is 0 Å². The summed E-state index contributed by atoms with van der Waals surface area (Å²) < 4.78 is 5.62. The van der Waals surface area contributed by atoms with Crippen molar-refractivity contribution in [2.24, 2.45) is 11.3 Å². The van der Waals surface area contributed by atoms with Crippen molar-refractivity contribution in [2.45, 2.75) is 47.1 Å². The van der Waals surface area contributed by atoms with Gasteiger partial charge in [0.25, 0.3) is 0 Å². The number of hydrogen-bond donors (Lipinski definition) is 1. The molecule has 0 spiro atoms. The zero-order valence-corrected chi connectivity index (χ0v) is 11.7. The van der Waals surface area contributed by atoms with Crippen LogP contribution in [0.1, 0.15) is 41.0 Å². The second-order valence-electron chi connectivity index (χ2n) is 5.61. The van der Waals surface area contributed by atoms with Crippen molar-refractivity contribution in [3.63, 3.8) is 0 Å². The van der Waals surface area contributed by atoms with E-state index in [-0.39, 0.29) is 5.41 Å². The number of hydrogen-bond acceptors (Lipinski definition) is 2. The summed E-state index contributed by atoms with van der Waals surface area (Å²) in [5.41, 5.74) is 0.140. The van der Waals surface area contributed by atoms with Crippen molar-refractivity contribution in [3.8, 4) is 0 Å². The molecule has 0 aromatic heterocycles. The zero-order valence-electron chi connectivity index (χ0n) is 11.7. The Morgan fingerprint density at radius 3 is 2.38 bits per heavy atom. The summed E-state index contributed by atoms with van der Waals surface area (Å²) in [5, 5.41) is 3.46. The van der Waals surface area contributed by atoms with Crippen LogP contribution in [0.5, 0.6) is 0 Å². The Morgan fingerprint density at radius 2 is 1.94 bits per heavy atom. The highest BCUT2D eigenvalue weighted by Crippen LogP contribution is 2.21. The van der Waals surface area contributed by atoms with Crippen LogP contribution in [0.2, 0.25) is 0 Å². The van der Waals surface area contributed by atoms with Gasteiger partial charge in [-0.15, -0.1) is 6.58 Å². The van der Waals surface area contributed by atoms with Crippen LogP contribution in [0.15, 0.2) is 12.7 Å². The average molecular weight is 227 g/mol. The minimum Gasteiger partial charge on any atom is -0.381 e. The standard InChI is InChI=1S/C14H29NO/c1-7-14(6,11-15-13(4)5)8-9-16-10-12(2)3/h7,12-13,15H,1,8-11H2,2-6H3. The molecule has 0 amide bonds. The van der Waals surface area contributed by atoms with Gasteiger partial charge in [-0.05, 0) is 17.8 Å². The summed E-state index contributed by atoms with van der Waals surface area (Å²) in [7, 11) is 0. The van der Waals surface area contributed by atoms with Gasteiger partial charge in [0.2, 0.25) is 0 Å². The van der Waals surface area contributed by atoms with Crippen LogP contribution in [0.25, 0.3) is 0 Å². The van der Waals surface area contributed by atoms with Gasteiger partial charge in [-0.1, -0.05) is 40.7 Å². The molecule has 0 heterocycles. The average Bonchev–Trinajstić information content (AvgIpc) is 2.21. The molecule has 0 radical (unpaired) electrons. The second-order valence-corrected chi connectivity index (χ2v) is 5.61. The lowest BCUT2D eigenvalue weighted by atomic mass is 9.87. The van der Waals surface area contributed by atoms with Crippen LogP contribution in [0.4, 0.5) is 0 Å². The van der Waals surface area contributed by atoms with Crippen molar-refractivity contribution >= 4 is 0 Å². The van der Waals surface area contributed by atoms with E-state index in [4.69, 9.17) is 4.74 Å². The van der Waals surface area contributed by atoms with Crippen molar-refractivity contribution in [1.82, 2.24) is 5.32 Å². The fraction of sp³-hybridized carbons (Fsp3) is 0.857. The molecule has 0 rings (SSSR count). The summed E-state index contributed by atoms with van der Waals surface area (Å²) >= 11 is 0. The molecule has 96 valence electrons. The molecule has 0 aromatic rings. The minimum atomic E-state index is 0.140. The molecular weight excluding hydrogens is 198 g/mol. The van der Waals surface area contributed by atoms with Crippen LogP contribution in [-0.2, 0) is 4.74 Å². The smallest absolute Gasteiger partial charge is 0.0488 e. The molecule has 16 heavy (non-hydrogen) atoms. The SMILES string of the molecule is C=CC(C)(CCOCC(C)C)CNC(C)C. The molecule has 0 saturated carbocycles. The molecule has 1 unspecified atom stereocenters. The van der Waals surface area contributed by atoms with Crippen LogP contribution in [0, 0.1) is 11.3 Å².